The molecule has 0 radical (unpaired) electrons. The van der Waals surface area contributed by atoms with E-state index in [-0.39, 0.29) is 11.4 Å². The second-order valence-corrected chi connectivity index (χ2v) is 8.38. The van der Waals surface area contributed by atoms with Crippen molar-refractivity contribution in [3.63, 3.8) is 0 Å². The molecule has 3 aliphatic rings. The summed E-state index contributed by atoms with van der Waals surface area (Å²) in [4.78, 5) is 28.8. The largest absolute Gasteiger partial charge is 0.356 e. The number of piperazine rings is 1. The number of amides is 1. The SMILES string of the molecule is Cc1cc(N2CCN(C)C3(CCNC(=O)CC3)C2)nc(N2CCCCC2)n1. The molecule has 0 aliphatic carbocycles. The molecule has 1 aromatic heterocycles. The van der Waals surface area contributed by atoms with Crippen LogP contribution in [-0.2, 0) is 4.79 Å². The van der Waals surface area contributed by atoms with E-state index >= 15 is 0 Å². The van der Waals surface area contributed by atoms with Gasteiger partial charge in [0.2, 0.25) is 11.9 Å². The number of likely N-dealkylation sites (N-methyl/N-ethyl adjacent to an activating group) is 1. The number of aromatic nitrogens is 2. The summed E-state index contributed by atoms with van der Waals surface area (Å²) in [5.41, 5.74) is 1.08. The van der Waals surface area contributed by atoms with Gasteiger partial charge in [-0.25, -0.2) is 4.98 Å². The van der Waals surface area contributed by atoms with Crippen LogP contribution in [0.4, 0.5) is 11.8 Å². The van der Waals surface area contributed by atoms with Gasteiger partial charge in [-0.2, -0.15) is 4.98 Å². The zero-order valence-electron chi connectivity index (χ0n) is 16.7. The third-order valence-electron chi connectivity index (χ3n) is 6.52. The van der Waals surface area contributed by atoms with E-state index in [1.165, 1.54) is 19.3 Å². The summed E-state index contributed by atoms with van der Waals surface area (Å²) < 4.78 is 0. The van der Waals surface area contributed by atoms with Crippen LogP contribution in [-0.4, -0.2) is 72.6 Å². The van der Waals surface area contributed by atoms with Gasteiger partial charge in [0.15, 0.2) is 0 Å². The molecule has 4 heterocycles. The number of rotatable bonds is 2. The van der Waals surface area contributed by atoms with E-state index in [1.54, 1.807) is 0 Å². The maximum absolute atomic E-state index is 11.9. The second-order valence-electron chi connectivity index (χ2n) is 8.38. The lowest BCUT2D eigenvalue weighted by atomic mass is 9.86. The zero-order chi connectivity index (χ0) is 18.9. The highest BCUT2D eigenvalue weighted by Gasteiger charge is 2.41. The van der Waals surface area contributed by atoms with E-state index in [4.69, 9.17) is 9.97 Å². The van der Waals surface area contributed by atoms with Crippen molar-refractivity contribution in [2.45, 2.75) is 51.0 Å². The fraction of sp³-hybridized carbons (Fsp3) is 0.750. The molecule has 3 aliphatic heterocycles. The molecule has 0 bridgehead atoms. The topological polar surface area (TPSA) is 64.6 Å². The number of hydrogen-bond donors (Lipinski definition) is 1. The molecule has 1 spiro atoms. The summed E-state index contributed by atoms with van der Waals surface area (Å²) in [6.45, 7) is 7.84. The van der Waals surface area contributed by atoms with E-state index in [0.717, 1.165) is 69.6 Å². The summed E-state index contributed by atoms with van der Waals surface area (Å²) in [5, 5.41) is 3.04. The summed E-state index contributed by atoms with van der Waals surface area (Å²) in [5.74, 6) is 2.11. The maximum atomic E-state index is 11.9. The van der Waals surface area contributed by atoms with Crippen LogP contribution in [0.15, 0.2) is 6.07 Å². The van der Waals surface area contributed by atoms with Gasteiger partial charge in [-0.3, -0.25) is 9.69 Å². The Kier molecular flexibility index (Phi) is 5.21. The second kappa shape index (κ2) is 7.62. The van der Waals surface area contributed by atoms with Crippen LogP contribution >= 0.6 is 0 Å². The van der Waals surface area contributed by atoms with Crippen LogP contribution in [0, 0.1) is 6.92 Å². The van der Waals surface area contributed by atoms with E-state index in [1.807, 2.05) is 0 Å². The lowest BCUT2D eigenvalue weighted by Crippen LogP contribution is -2.61. The van der Waals surface area contributed by atoms with E-state index in [0.29, 0.717) is 6.42 Å². The Morgan fingerprint density at radius 2 is 1.85 bits per heavy atom. The third kappa shape index (κ3) is 3.88. The summed E-state index contributed by atoms with van der Waals surface area (Å²) in [7, 11) is 2.21. The Morgan fingerprint density at radius 1 is 1.04 bits per heavy atom. The smallest absolute Gasteiger partial charge is 0.227 e. The number of aryl methyl sites for hydroxylation is 1. The minimum atomic E-state index is 0.0432. The van der Waals surface area contributed by atoms with Gasteiger partial charge >= 0.3 is 0 Å². The molecular formula is C20H32N6O. The molecule has 148 valence electrons. The average Bonchev–Trinajstić information content (AvgIpc) is 2.86. The lowest BCUT2D eigenvalue weighted by Gasteiger charge is -2.49. The molecule has 0 aromatic carbocycles. The van der Waals surface area contributed by atoms with Gasteiger partial charge < -0.3 is 15.1 Å². The van der Waals surface area contributed by atoms with Gasteiger partial charge in [-0.15, -0.1) is 0 Å². The Bertz CT molecular complexity index is 689. The Hall–Kier alpha value is -1.89. The molecule has 1 atom stereocenters. The molecule has 27 heavy (non-hydrogen) atoms. The number of carbonyl (C=O) groups excluding carboxylic acids is 1. The van der Waals surface area contributed by atoms with Gasteiger partial charge in [0.25, 0.3) is 0 Å². The number of anilines is 2. The first-order chi connectivity index (χ1) is 13.1. The van der Waals surface area contributed by atoms with Crippen LogP contribution in [0.25, 0.3) is 0 Å². The van der Waals surface area contributed by atoms with Crippen molar-refractivity contribution in [1.29, 1.82) is 0 Å². The third-order valence-corrected chi connectivity index (χ3v) is 6.52. The summed E-state index contributed by atoms with van der Waals surface area (Å²) >= 11 is 0. The van der Waals surface area contributed by atoms with Gasteiger partial charge in [-0.1, -0.05) is 0 Å². The van der Waals surface area contributed by atoms with E-state index in [9.17, 15) is 4.79 Å². The quantitative estimate of drug-likeness (QED) is 0.850. The highest BCUT2D eigenvalue weighted by Crippen LogP contribution is 2.32. The Morgan fingerprint density at radius 3 is 2.67 bits per heavy atom. The average molecular weight is 373 g/mol. The van der Waals surface area contributed by atoms with Gasteiger partial charge in [0.1, 0.15) is 5.82 Å². The van der Waals surface area contributed by atoms with Gasteiger partial charge in [0.05, 0.1) is 0 Å². The molecule has 7 heteroatoms. The first kappa shape index (κ1) is 18.5. The first-order valence-electron chi connectivity index (χ1n) is 10.4. The van der Waals surface area contributed by atoms with Crippen molar-refractivity contribution in [3.8, 4) is 0 Å². The molecule has 1 aromatic rings. The van der Waals surface area contributed by atoms with Crippen molar-refractivity contribution in [2.75, 3.05) is 56.1 Å². The minimum Gasteiger partial charge on any atom is -0.356 e. The van der Waals surface area contributed by atoms with Gasteiger partial charge in [0, 0.05) is 63.0 Å². The van der Waals surface area contributed by atoms with E-state index < -0.39 is 0 Å². The number of nitrogens with zero attached hydrogens (tertiary/aromatic N) is 5. The normalized spacial score (nSPS) is 27.6. The van der Waals surface area contributed by atoms with Gasteiger partial charge in [-0.05, 0) is 46.1 Å². The van der Waals surface area contributed by atoms with Crippen LogP contribution in [0.3, 0.4) is 0 Å². The fourth-order valence-corrected chi connectivity index (χ4v) is 4.73. The standard InChI is InChI=1S/C20H32N6O/c1-16-14-17(23-19(22-16)25-10-4-3-5-11-25)26-13-12-24(2)20(15-26)7-6-18(27)21-9-8-20/h14H,3-13,15H2,1-2H3,(H,21,27). The molecule has 0 saturated carbocycles. The first-order valence-corrected chi connectivity index (χ1v) is 10.4. The summed E-state index contributed by atoms with van der Waals surface area (Å²) in [6.07, 6.45) is 6.28. The van der Waals surface area contributed by atoms with E-state index in [2.05, 4.69) is 40.1 Å². The number of nitrogens with one attached hydrogen (secondary N) is 1. The van der Waals surface area contributed by atoms with Crippen molar-refractivity contribution >= 4 is 17.7 Å². The fourth-order valence-electron chi connectivity index (χ4n) is 4.73. The molecule has 7 nitrogen and oxygen atoms in total. The van der Waals surface area contributed by atoms with Crippen LogP contribution in [0.1, 0.15) is 44.2 Å². The molecule has 1 amide bonds. The number of piperidine rings is 1. The molecular weight excluding hydrogens is 340 g/mol. The van der Waals surface area contributed by atoms with Crippen molar-refractivity contribution < 1.29 is 4.79 Å². The van der Waals surface area contributed by atoms with Crippen LogP contribution in [0.5, 0.6) is 0 Å². The molecule has 4 rings (SSSR count). The lowest BCUT2D eigenvalue weighted by molar-refractivity contribution is -0.120. The van der Waals surface area contributed by atoms with Crippen LogP contribution < -0.4 is 15.1 Å². The molecule has 1 N–H and O–H groups in total. The predicted octanol–water partition coefficient (Wildman–Crippen LogP) is 1.57. The zero-order valence-corrected chi connectivity index (χ0v) is 16.7. The summed E-state index contributed by atoms with van der Waals surface area (Å²) in [6, 6.07) is 2.12. The highest BCUT2D eigenvalue weighted by atomic mass is 16.1. The predicted molar refractivity (Wildman–Crippen MR) is 107 cm³/mol. The molecule has 3 fully saturated rings. The Labute approximate surface area is 162 Å². The minimum absolute atomic E-state index is 0.0432. The molecule has 3 saturated heterocycles. The van der Waals surface area contributed by atoms with Crippen LogP contribution in [0.2, 0.25) is 0 Å². The molecule has 1 unspecified atom stereocenters. The van der Waals surface area contributed by atoms with Crippen molar-refractivity contribution in [3.05, 3.63) is 11.8 Å². The van der Waals surface area contributed by atoms with Crippen molar-refractivity contribution in [1.82, 2.24) is 20.2 Å². The number of hydrogen-bond acceptors (Lipinski definition) is 6. The maximum Gasteiger partial charge on any atom is 0.227 e. The van der Waals surface area contributed by atoms with Crippen molar-refractivity contribution in [2.24, 2.45) is 0 Å². The highest BCUT2D eigenvalue weighted by molar-refractivity contribution is 5.76. The monoisotopic (exact) mass is 372 g/mol. The Balaban J connectivity index is 1.57. The number of carbonyl (C=O) groups is 1.